The number of methoxy groups -OCH3 is 1. The summed E-state index contributed by atoms with van der Waals surface area (Å²) in [5, 5.41) is 14.8. The maximum atomic E-state index is 11.6. The van der Waals surface area contributed by atoms with Gasteiger partial charge in [0.15, 0.2) is 0 Å². The Hall–Kier alpha value is -2.03. The van der Waals surface area contributed by atoms with Gasteiger partial charge in [0.05, 0.1) is 13.0 Å². The van der Waals surface area contributed by atoms with E-state index in [9.17, 15) is 14.4 Å². The molecule has 9 heteroatoms. The Kier molecular flexibility index (Phi) is 12.1. The summed E-state index contributed by atoms with van der Waals surface area (Å²) in [4.78, 5) is 34.6. The van der Waals surface area contributed by atoms with Crippen molar-refractivity contribution in [2.45, 2.75) is 116 Å². The molecule has 2 saturated carbocycles. The van der Waals surface area contributed by atoms with Crippen molar-refractivity contribution in [2.75, 3.05) is 13.7 Å². The van der Waals surface area contributed by atoms with Gasteiger partial charge < -0.3 is 30.0 Å². The number of aliphatic hydroxyl groups excluding tert-OH is 1. The first kappa shape index (κ1) is 30.0. The molecule has 0 radical (unpaired) electrons. The number of carbonyl (C=O) groups excluding carboxylic acids is 3. The number of nitrogens with one attached hydrogen (secondary N) is 2. The Morgan fingerprint density at radius 1 is 0.794 bits per heavy atom. The van der Waals surface area contributed by atoms with Gasteiger partial charge in [0, 0.05) is 18.7 Å². The summed E-state index contributed by atoms with van der Waals surface area (Å²) in [5.41, 5.74) is -0.949. The summed E-state index contributed by atoms with van der Waals surface area (Å²) in [7, 11) is 1.40. The number of carbonyl (C=O) groups is 3. The molecule has 0 bridgehead atoms. The fourth-order valence-electron chi connectivity index (χ4n) is 4.24. The van der Waals surface area contributed by atoms with Crippen LogP contribution in [0.2, 0.25) is 0 Å². The van der Waals surface area contributed by atoms with E-state index in [1.807, 2.05) is 41.5 Å². The third kappa shape index (κ3) is 13.0. The third-order valence-electron chi connectivity index (χ3n) is 5.69. The van der Waals surface area contributed by atoms with Gasteiger partial charge in [-0.1, -0.05) is 12.8 Å². The van der Waals surface area contributed by atoms with E-state index in [1.54, 1.807) is 0 Å². The maximum absolute atomic E-state index is 11.6. The molecule has 0 heterocycles. The van der Waals surface area contributed by atoms with Gasteiger partial charge in [0.2, 0.25) is 0 Å². The van der Waals surface area contributed by atoms with Crippen molar-refractivity contribution in [3.05, 3.63) is 0 Å². The second-order valence-corrected chi connectivity index (χ2v) is 11.3. The quantitative estimate of drug-likeness (QED) is 0.400. The largest absolute Gasteiger partial charge is 0.469 e. The number of aliphatic hydroxyl groups is 1. The molecule has 0 aliphatic heterocycles. The van der Waals surface area contributed by atoms with Gasteiger partial charge in [0.1, 0.15) is 11.2 Å². The number of amides is 2. The average molecular weight is 487 g/mol. The lowest BCUT2D eigenvalue weighted by atomic mass is 9.86. The van der Waals surface area contributed by atoms with Crippen LogP contribution in [0.15, 0.2) is 0 Å². The molecule has 2 rings (SSSR count). The molecule has 4 atom stereocenters. The van der Waals surface area contributed by atoms with Crippen LogP contribution in [-0.4, -0.2) is 60.3 Å². The summed E-state index contributed by atoms with van der Waals surface area (Å²) in [5.74, 6) is 0.0306. The van der Waals surface area contributed by atoms with Crippen LogP contribution in [0, 0.1) is 11.8 Å². The first-order chi connectivity index (χ1) is 15.7. The van der Waals surface area contributed by atoms with Crippen molar-refractivity contribution in [2.24, 2.45) is 11.8 Å². The minimum atomic E-state index is -0.500. The average Bonchev–Trinajstić information content (AvgIpc) is 2.71. The molecule has 2 aliphatic carbocycles. The summed E-state index contributed by atoms with van der Waals surface area (Å²) in [6.07, 6.45) is 6.45. The highest BCUT2D eigenvalue weighted by molar-refractivity contribution is 5.73. The van der Waals surface area contributed by atoms with Crippen LogP contribution < -0.4 is 10.6 Å². The van der Waals surface area contributed by atoms with Gasteiger partial charge in [-0.3, -0.25) is 4.79 Å². The van der Waals surface area contributed by atoms with E-state index in [4.69, 9.17) is 19.3 Å². The number of esters is 1. The number of hydrogen-bond donors (Lipinski definition) is 3. The van der Waals surface area contributed by atoms with Crippen LogP contribution in [0.4, 0.5) is 9.59 Å². The predicted octanol–water partition coefficient (Wildman–Crippen LogP) is 4.31. The van der Waals surface area contributed by atoms with Crippen molar-refractivity contribution in [3.63, 3.8) is 0 Å². The number of ether oxygens (including phenoxy) is 3. The van der Waals surface area contributed by atoms with Crippen molar-refractivity contribution in [1.29, 1.82) is 0 Å². The van der Waals surface area contributed by atoms with Crippen LogP contribution in [0.25, 0.3) is 0 Å². The highest BCUT2D eigenvalue weighted by Gasteiger charge is 2.30. The van der Waals surface area contributed by atoms with E-state index in [0.717, 1.165) is 44.9 Å². The molecule has 0 aromatic carbocycles. The molecular formula is C25H46N2O7. The standard InChI is InChI=1S/C13H23NO4.C12H23NO3/c1-13(2,3)18-12(16)14-10-7-5-6-9(8-10)11(15)17-4;1-12(2,3)16-11(15)13-10-6-4-5-9(7-10)8-14/h9-10H,5-8H2,1-4H3,(H,14,16);9-10,14H,4-8H2,1-3H3,(H,13,15). The number of hydrogen-bond acceptors (Lipinski definition) is 7. The van der Waals surface area contributed by atoms with E-state index in [0.29, 0.717) is 12.3 Å². The van der Waals surface area contributed by atoms with E-state index in [1.165, 1.54) is 7.11 Å². The molecule has 0 saturated heterocycles. The summed E-state index contributed by atoms with van der Waals surface area (Å²) in [6.45, 7) is 11.2. The summed E-state index contributed by atoms with van der Waals surface area (Å²) >= 11 is 0. The van der Waals surface area contributed by atoms with Crippen LogP contribution >= 0.6 is 0 Å². The first-order valence-corrected chi connectivity index (χ1v) is 12.4. The molecular weight excluding hydrogens is 440 g/mol. The summed E-state index contributed by atoms with van der Waals surface area (Å²) < 4.78 is 15.1. The Balaban J connectivity index is 0.000000342. The lowest BCUT2D eigenvalue weighted by molar-refractivity contribution is -0.146. The monoisotopic (exact) mass is 486 g/mol. The molecule has 2 fully saturated rings. The Morgan fingerprint density at radius 3 is 1.71 bits per heavy atom. The minimum absolute atomic E-state index is 0.00213. The van der Waals surface area contributed by atoms with Crippen LogP contribution in [0.5, 0.6) is 0 Å². The molecule has 198 valence electrons. The smallest absolute Gasteiger partial charge is 0.407 e. The van der Waals surface area contributed by atoms with Gasteiger partial charge in [-0.25, -0.2) is 9.59 Å². The fraction of sp³-hybridized carbons (Fsp3) is 0.880. The third-order valence-corrected chi connectivity index (χ3v) is 5.69. The predicted molar refractivity (Wildman–Crippen MR) is 129 cm³/mol. The van der Waals surface area contributed by atoms with Crippen LogP contribution in [0.1, 0.15) is 92.9 Å². The highest BCUT2D eigenvalue weighted by atomic mass is 16.6. The second kappa shape index (κ2) is 13.8. The summed E-state index contributed by atoms with van der Waals surface area (Å²) in [6, 6.07) is 0.151. The van der Waals surface area contributed by atoms with Crippen molar-refractivity contribution >= 4 is 18.2 Å². The minimum Gasteiger partial charge on any atom is -0.469 e. The van der Waals surface area contributed by atoms with Crippen molar-refractivity contribution in [1.82, 2.24) is 10.6 Å². The number of alkyl carbamates (subject to hydrolysis) is 2. The number of rotatable bonds is 4. The zero-order valence-corrected chi connectivity index (χ0v) is 22.1. The first-order valence-electron chi connectivity index (χ1n) is 12.4. The maximum Gasteiger partial charge on any atom is 0.407 e. The van der Waals surface area contributed by atoms with Gasteiger partial charge in [0.25, 0.3) is 0 Å². The Morgan fingerprint density at radius 2 is 1.26 bits per heavy atom. The highest BCUT2D eigenvalue weighted by Crippen LogP contribution is 2.26. The van der Waals surface area contributed by atoms with Gasteiger partial charge in [-0.15, -0.1) is 0 Å². The topological polar surface area (TPSA) is 123 Å². The molecule has 0 aromatic rings. The molecule has 2 amide bonds. The zero-order chi connectivity index (χ0) is 25.9. The van der Waals surface area contributed by atoms with Crippen molar-refractivity contribution < 1.29 is 33.7 Å². The lowest BCUT2D eigenvalue weighted by Crippen LogP contribution is -2.42. The Labute approximate surface area is 204 Å². The molecule has 2 aliphatic rings. The van der Waals surface area contributed by atoms with Gasteiger partial charge >= 0.3 is 18.2 Å². The fourth-order valence-corrected chi connectivity index (χ4v) is 4.24. The Bertz CT molecular complexity index is 655. The SMILES string of the molecule is CC(C)(C)OC(=O)NC1CCCC(CO)C1.COC(=O)C1CCCC(NC(=O)OC(C)(C)C)C1. The molecule has 4 unspecified atom stereocenters. The van der Waals surface area contributed by atoms with E-state index in [2.05, 4.69) is 10.6 Å². The van der Waals surface area contributed by atoms with Gasteiger partial charge in [-0.2, -0.15) is 0 Å². The normalized spacial score (nSPS) is 25.2. The van der Waals surface area contributed by atoms with E-state index in [-0.39, 0.29) is 36.7 Å². The lowest BCUT2D eigenvalue weighted by Gasteiger charge is -2.29. The van der Waals surface area contributed by atoms with E-state index >= 15 is 0 Å². The van der Waals surface area contributed by atoms with E-state index < -0.39 is 17.3 Å². The molecule has 3 N–H and O–H groups in total. The second-order valence-electron chi connectivity index (χ2n) is 11.3. The molecule has 0 aromatic heterocycles. The molecule has 34 heavy (non-hydrogen) atoms. The van der Waals surface area contributed by atoms with Crippen LogP contribution in [-0.2, 0) is 19.0 Å². The molecule has 9 nitrogen and oxygen atoms in total. The zero-order valence-electron chi connectivity index (χ0n) is 22.1. The van der Waals surface area contributed by atoms with Gasteiger partial charge in [-0.05, 0) is 86.0 Å². The molecule has 0 spiro atoms. The van der Waals surface area contributed by atoms with Crippen molar-refractivity contribution in [3.8, 4) is 0 Å². The van der Waals surface area contributed by atoms with Crippen LogP contribution in [0.3, 0.4) is 0 Å².